The molecule has 0 aliphatic carbocycles. The van der Waals surface area contributed by atoms with Crippen molar-refractivity contribution in [1.29, 1.82) is 0 Å². The Balaban J connectivity index is 2.41. The van der Waals surface area contributed by atoms with Gasteiger partial charge in [0.05, 0.1) is 6.61 Å². The summed E-state index contributed by atoms with van der Waals surface area (Å²) >= 11 is 0. The number of carbonyl (C=O) groups is 1. The molecule has 0 spiro atoms. The van der Waals surface area contributed by atoms with Gasteiger partial charge in [-0.3, -0.25) is 0 Å². The molecule has 1 heterocycles. The van der Waals surface area contributed by atoms with Crippen molar-refractivity contribution < 1.29 is 9.53 Å². The number of rotatable bonds is 4. The molecule has 100 valence electrons. The highest BCUT2D eigenvalue weighted by molar-refractivity contribution is 5.75. The van der Waals surface area contributed by atoms with E-state index in [4.69, 9.17) is 4.74 Å². The van der Waals surface area contributed by atoms with Gasteiger partial charge in [-0.05, 0) is 38.5 Å². The van der Waals surface area contributed by atoms with Gasteiger partial charge in [0.1, 0.15) is 6.04 Å². The Kier molecular flexibility index (Phi) is 4.05. The van der Waals surface area contributed by atoms with Crippen LogP contribution in [0.5, 0.6) is 0 Å². The molecule has 0 radical (unpaired) electrons. The Morgan fingerprint density at radius 3 is 2.53 bits per heavy atom. The molecule has 0 amide bonds. The minimum absolute atomic E-state index is 0.195. The van der Waals surface area contributed by atoms with Gasteiger partial charge >= 0.3 is 5.97 Å². The average molecular weight is 257 g/mol. The highest BCUT2D eigenvalue weighted by Crippen LogP contribution is 2.26. The molecule has 0 aliphatic rings. The summed E-state index contributed by atoms with van der Waals surface area (Å²) in [5.41, 5.74) is 3.20. The van der Waals surface area contributed by atoms with E-state index in [1.807, 2.05) is 67.8 Å². The van der Waals surface area contributed by atoms with E-state index in [0.29, 0.717) is 6.61 Å². The number of aryl methyl sites for hydroxylation is 1. The molecular formula is C16H19NO2. The monoisotopic (exact) mass is 257 g/mol. The Bertz CT molecular complexity index is 557. The Morgan fingerprint density at radius 2 is 1.89 bits per heavy atom. The van der Waals surface area contributed by atoms with Crippen molar-refractivity contribution in [2.75, 3.05) is 6.61 Å². The summed E-state index contributed by atoms with van der Waals surface area (Å²) in [7, 11) is 0. The van der Waals surface area contributed by atoms with Crippen LogP contribution in [0, 0.1) is 6.92 Å². The van der Waals surface area contributed by atoms with Crippen molar-refractivity contribution in [3.8, 4) is 11.3 Å². The average Bonchev–Trinajstić information content (AvgIpc) is 2.81. The third kappa shape index (κ3) is 2.70. The van der Waals surface area contributed by atoms with Gasteiger partial charge in [0, 0.05) is 11.4 Å². The molecule has 0 bridgehead atoms. The maximum atomic E-state index is 11.9. The predicted molar refractivity (Wildman–Crippen MR) is 75.9 cm³/mol. The fourth-order valence-electron chi connectivity index (χ4n) is 2.28. The van der Waals surface area contributed by atoms with E-state index in [9.17, 15) is 4.79 Å². The zero-order chi connectivity index (χ0) is 13.8. The van der Waals surface area contributed by atoms with Gasteiger partial charge < -0.3 is 9.30 Å². The quantitative estimate of drug-likeness (QED) is 0.784. The molecule has 0 aliphatic heterocycles. The summed E-state index contributed by atoms with van der Waals surface area (Å²) in [4.78, 5) is 11.9. The molecule has 1 atom stereocenters. The lowest BCUT2D eigenvalue weighted by atomic mass is 10.1. The molecular weight excluding hydrogens is 238 g/mol. The van der Waals surface area contributed by atoms with E-state index >= 15 is 0 Å². The normalized spacial score (nSPS) is 12.2. The first kappa shape index (κ1) is 13.4. The number of hydrogen-bond acceptors (Lipinski definition) is 2. The van der Waals surface area contributed by atoms with Crippen molar-refractivity contribution in [1.82, 2.24) is 4.57 Å². The van der Waals surface area contributed by atoms with Gasteiger partial charge in [-0.25, -0.2) is 4.79 Å². The van der Waals surface area contributed by atoms with Crippen molar-refractivity contribution in [3.05, 3.63) is 48.2 Å². The van der Waals surface area contributed by atoms with Crippen molar-refractivity contribution in [2.45, 2.75) is 26.8 Å². The number of ether oxygens (including phenoxy) is 1. The summed E-state index contributed by atoms with van der Waals surface area (Å²) in [6, 6.07) is 13.8. The summed E-state index contributed by atoms with van der Waals surface area (Å²) in [5, 5.41) is 0. The second-order valence-corrected chi connectivity index (χ2v) is 4.52. The molecule has 3 heteroatoms. The molecule has 0 saturated heterocycles. The molecule has 0 saturated carbocycles. The van der Waals surface area contributed by atoms with Gasteiger partial charge in [-0.2, -0.15) is 0 Å². The van der Waals surface area contributed by atoms with E-state index < -0.39 is 0 Å². The van der Waals surface area contributed by atoms with Gasteiger partial charge in [-0.15, -0.1) is 0 Å². The molecule has 0 unspecified atom stereocenters. The summed E-state index contributed by atoms with van der Waals surface area (Å²) < 4.78 is 7.13. The second-order valence-electron chi connectivity index (χ2n) is 4.52. The van der Waals surface area contributed by atoms with Gasteiger partial charge in [-0.1, -0.05) is 30.3 Å². The van der Waals surface area contributed by atoms with Crippen LogP contribution in [0.3, 0.4) is 0 Å². The molecule has 1 aromatic heterocycles. The summed E-state index contributed by atoms with van der Waals surface area (Å²) in [5.74, 6) is -0.195. The zero-order valence-electron chi connectivity index (χ0n) is 11.6. The van der Waals surface area contributed by atoms with Crippen LogP contribution < -0.4 is 0 Å². The lowest BCUT2D eigenvalue weighted by Crippen LogP contribution is -2.20. The van der Waals surface area contributed by atoms with E-state index in [0.717, 1.165) is 17.0 Å². The van der Waals surface area contributed by atoms with Crippen LogP contribution in [0.4, 0.5) is 0 Å². The lowest BCUT2D eigenvalue weighted by Gasteiger charge is -2.18. The largest absolute Gasteiger partial charge is 0.464 e. The van der Waals surface area contributed by atoms with Crippen molar-refractivity contribution in [3.63, 3.8) is 0 Å². The number of aromatic nitrogens is 1. The first-order valence-corrected chi connectivity index (χ1v) is 6.55. The van der Waals surface area contributed by atoms with E-state index in [1.165, 1.54) is 0 Å². The molecule has 1 aromatic carbocycles. The third-order valence-corrected chi connectivity index (χ3v) is 3.21. The molecule has 2 rings (SSSR count). The zero-order valence-corrected chi connectivity index (χ0v) is 11.6. The standard InChI is InChI=1S/C16H19NO2/c1-4-19-16(18)13(3)17-12(2)10-11-15(17)14-8-6-5-7-9-14/h5-11,13H,4H2,1-3H3/t13-/m0/s1. The van der Waals surface area contributed by atoms with E-state index in [2.05, 4.69) is 0 Å². The van der Waals surface area contributed by atoms with Crippen LogP contribution in [0.1, 0.15) is 25.6 Å². The van der Waals surface area contributed by atoms with Crippen LogP contribution >= 0.6 is 0 Å². The highest BCUT2D eigenvalue weighted by atomic mass is 16.5. The minimum Gasteiger partial charge on any atom is -0.464 e. The number of hydrogen-bond donors (Lipinski definition) is 0. The van der Waals surface area contributed by atoms with Crippen LogP contribution in [-0.4, -0.2) is 17.1 Å². The SMILES string of the molecule is CCOC(=O)[C@H](C)n1c(C)ccc1-c1ccccc1. The first-order valence-electron chi connectivity index (χ1n) is 6.55. The molecule has 2 aromatic rings. The van der Waals surface area contributed by atoms with Crippen LogP contribution in [0.15, 0.2) is 42.5 Å². The fraction of sp³-hybridized carbons (Fsp3) is 0.312. The second kappa shape index (κ2) is 5.74. The smallest absolute Gasteiger partial charge is 0.328 e. The highest BCUT2D eigenvalue weighted by Gasteiger charge is 2.20. The first-order chi connectivity index (χ1) is 9.15. The Morgan fingerprint density at radius 1 is 1.21 bits per heavy atom. The Labute approximate surface area is 113 Å². The van der Waals surface area contributed by atoms with E-state index in [-0.39, 0.29) is 12.0 Å². The number of esters is 1. The van der Waals surface area contributed by atoms with Gasteiger partial charge in [0.2, 0.25) is 0 Å². The lowest BCUT2D eigenvalue weighted by molar-refractivity contribution is -0.146. The van der Waals surface area contributed by atoms with Crippen molar-refractivity contribution >= 4 is 5.97 Å². The number of nitrogens with zero attached hydrogens (tertiary/aromatic N) is 1. The Hall–Kier alpha value is -2.03. The maximum absolute atomic E-state index is 11.9. The van der Waals surface area contributed by atoms with Crippen LogP contribution in [0.25, 0.3) is 11.3 Å². The topological polar surface area (TPSA) is 31.2 Å². The number of carbonyl (C=O) groups excluding carboxylic acids is 1. The molecule has 3 nitrogen and oxygen atoms in total. The fourth-order valence-corrected chi connectivity index (χ4v) is 2.28. The van der Waals surface area contributed by atoms with E-state index in [1.54, 1.807) is 0 Å². The van der Waals surface area contributed by atoms with Crippen LogP contribution in [-0.2, 0) is 9.53 Å². The summed E-state index contributed by atoms with van der Waals surface area (Å²) in [6.07, 6.45) is 0. The number of benzene rings is 1. The van der Waals surface area contributed by atoms with Crippen molar-refractivity contribution in [2.24, 2.45) is 0 Å². The molecule has 0 N–H and O–H groups in total. The molecule has 19 heavy (non-hydrogen) atoms. The third-order valence-electron chi connectivity index (χ3n) is 3.21. The maximum Gasteiger partial charge on any atom is 0.328 e. The van der Waals surface area contributed by atoms with Crippen LogP contribution in [0.2, 0.25) is 0 Å². The van der Waals surface area contributed by atoms with Gasteiger partial charge in [0.25, 0.3) is 0 Å². The minimum atomic E-state index is -0.315. The van der Waals surface area contributed by atoms with Gasteiger partial charge in [0.15, 0.2) is 0 Å². The molecule has 0 fully saturated rings. The predicted octanol–water partition coefficient (Wildman–Crippen LogP) is 3.59. The summed E-state index contributed by atoms with van der Waals surface area (Å²) in [6.45, 7) is 6.11.